The van der Waals surface area contributed by atoms with Crippen LogP contribution in [-0.2, 0) is 0 Å². The molecule has 1 aliphatic rings. The molecule has 1 aromatic carbocycles. The van der Waals surface area contributed by atoms with Crippen molar-refractivity contribution in [2.75, 3.05) is 20.2 Å². The van der Waals surface area contributed by atoms with E-state index in [9.17, 15) is 0 Å². The van der Waals surface area contributed by atoms with Crippen molar-refractivity contribution >= 4 is 0 Å². The van der Waals surface area contributed by atoms with E-state index in [4.69, 9.17) is 10.5 Å². The molecule has 1 aliphatic heterocycles. The van der Waals surface area contributed by atoms with E-state index in [2.05, 4.69) is 30.9 Å². The zero-order chi connectivity index (χ0) is 13.8. The first-order valence-electron chi connectivity index (χ1n) is 7.29. The zero-order valence-corrected chi connectivity index (χ0v) is 12.3. The molecule has 3 atom stereocenters. The molecule has 2 N–H and O–H groups in total. The van der Waals surface area contributed by atoms with Gasteiger partial charge < -0.3 is 10.5 Å². The van der Waals surface area contributed by atoms with Gasteiger partial charge in [0.1, 0.15) is 5.75 Å². The van der Waals surface area contributed by atoms with Crippen molar-refractivity contribution in [3.63, 3.8) is 0 Å². The second kappa shape index (κ2) is 6.40. The fourth-order valence-electron chi connectivity index (χ4n) is 3.07. The van der Waals surface area contributed by atoms with Crippen molar-refractivity contribution in [1.29, 1.82) is 0 Å². The Labute approximate surface area is 116 Å². The fraction of sp³-hybridized carbons (Fsp3) is 0.625. The molecule has 2 rings (SSSR count). The molecule has 0 aliphatic carbocycles. The number of nitrogens with two attached hydrogens (primary N) is 1. The lowest BCUT2D eigenvalue weighted by Gasteiger charge is -2.40. The smallest absolute Gasteiger partial charge is 0.123 e. The highest BCUT2D eigenvalue weighted by Gasteiger charge is 2.29. The van der Waals surface area contributed by atoms with Gasteiger partial charge in [-0.2, -0.15) is 0 Å². The summed E-state index contributed by atoms with van der Waals surface area (Å²) in [5, 5.41) is 0. The second-order valence-electron chi connectivity index (χ2n) is 5.53. The number of hydrogen-bond donors (Lipinski definition) is 1. The Morgan fingerprint density at radius 1 is 1.42 bits per heavy atom. The van der Waals surface area contributed by atoms with Gasteiger partial charge in [-0.3, -0.25) is 4.90 Å². The van der Waals surface area contributed by atoms with Crippen LogP contribution in [0.15, 0.2) is 24.3 Å². The van der Waals surface area contributed by atoms with Gasteiger partial charge in [-0.25, -0.2) is 0 Å². The molecule has 0 spiro atoms. The van der Waals surface area contributed by atoms with Gasteiger partial charge in [0.2, 0.25) is 0 Å². The fourth-order valence-corrected chi connectivity index (χ4v) is 3.07. The lowest BCUT2D eigenvalue weighted by molar-refractivity contribution is 0.113. The summed E-state index contributed by atoms with van der Waals surface area (Å²) in [6.45, 7) is 6.68. The van der Waals surface area contributed by atoms with Crippen LogP contribution in [0.25, 0.3) is 0 Å². The molecule has 106 valence electrons. The maximum Gasteiger partial charge on any atom is 0.123 e. The topological polar surface area (TPSA) is 38.5 Å². The summed E-state index contributed by atoms with van der Waals surface area (Å²) in [6.07, 6.45) is 2.26. The number of para-hydroxylation sites is 1. The first-order valence-corrected chi connectivity index (χ1v) is 7.29. The molecule has 3 nitrogen and oxygen atoms in total. The van der Waals surface area contributed by atoms with E-state index in [1.54, 1.807) is 7.11 Å². The first-order chi connectivity index (χ1) is 9.17. The van der Waals surface area contributed by atoms with E-state index in [-0.39, 0.29) is 0 Å². The van der Waals surface area contributed by atoms with Crippen LogP contribution in [0.2, 0.25) is 0 Å². The number of piperidine rings is 1. The Balaban J connectivity index is 2.13. The molecule has 1 heterocycles. The molecule has 1 fully saturated rings. The molecule has 0 saturated carbocycles. The monoisotopic (exact) mass is 262 g/mol. The molecule has 0 aromatic heterocycles. The summed E-state index contributed by atoms with van der Waals surface area (Å²) < 4.78 is 5.48. The summed E-state index contributed by atoms with van der Waals surface area (Å²) in [6, 6.07) is 9.07. The largest absolute Gasteiger partial charge is 0.496 e. The SMILES string of the molecule is CCC1CN(C(C)c2ccccc2OC)CCC1N. The Morgan fingerprint density at radius 3 is 2.84 bits per heavy atom. The zero-order valence-electron chi connectivity index (χ0n) is 12.3. The minimum atomic E-state index is 0.367. The highest BCUT2D eigenvalue weighted by atomic mass is 16.5. The maximum absolute atomic E-state index is 6.20. The van der Waals surface area contributed by atoms with Crippen molar-refractivity contribution < 1.29 is 4.74 Å². The standard InChI is InChI=1S/C16H26N2O/c1-4-13-11-18(10-9-15(13)17)12(2)14-7-5-6-8-16(14)19-3/h5-8,12-13,15H,4,9-11,17H2,1-3H3. The molecular weight excluding hydrogens is 236 g/mol. The van der Waals surface area contributed by atoms with Gasteiger partial charge in [0.05, 0.1) is 7.11 Å². The van der Waals surface area contributed by atoms with Crippen molar-refractivity contribution in [3.05, 3.63) is 29.8 Å². The Hall–Kier alpha value is -1.06. The number of hydrogen-bond acceptors (Lipinski definition) is 3. The van der Waals surface area contributed by atoms with Crippen LogP contribution in [0.3, 0.4) is 0 Å². The molecule has 0 bridgehead atoms. The van der Waals surface area contributed by atoms with Crippen molar-refractivity contribution in [3.8, 4) is 5.75 Å². The van der Waals surface area contributed by atoms with Gasteiger partial charge in [0.25, 0.3) is 0 Å². The number of benzene rings is 1. The molecule has 1 saturated heterocycles. The van der Waals surface area contributed by atoms with Crippen LogP contribution >= 0.6 is 0 Å². The van der Waals surface area contributed by atoms with E-state index < -0.39 is 0 Å². The maximum atomic E-state index is 6.20. The molecular formula is C16H26N2O. The average molecular weight is 262 g/mol. The van der Waals surface area contributed by atoms with Gasteiger partial charge in [0, 0.05) is 30.7 Å². The molecule has 3 heteroatoms. The Kier molecular flexibility index (Phi) is 4.83. The normalized spacial score (nSPS) is 26.1. The molecule has 3 unspecified atom stereocenters. The van der Waals surface area contributed by atoms with E-state index in [0.29, 0.717) is 18.0 Å². The summed E-state index contributed by atoms with van der Waals surface area (Å²) in [7, 11) is 1.74. The van der Waals surface area contributed by atoms with Gasteiger partial charge in [-0.1, -0.05) is 31.5 Å². The van der Waals surface area contributed by atoms with Gasteiger partial charge in [-0.15, -0.1) is 0 Å². The van der Waals surface area contributed by atoms with Crippen LogP contribution < -0.4 is 10.5 Å². The van der Waals surface area contributed by atoms with Gasteiger partial charge in [0.15, 0.2) is 0 Å². The van der Waals surface area contributed by atoms with Gasteiger partial charge in [-0.05, 0) is 25.3 Å². The van der Waals surface area contributed by atoms with Crippen LogP contribution in [0.1, 0.15) is 38.3 Å². The minimum Gasteiger partial charge on any atom is -0.496 e. The van der Waals surface area contributed by atoms with Crippen molar-refractivity contribution in [2.45, 2.75) is 38.8 Å². The predicted molar refractivity (Wildman–Crippen MR) is 79.4 cm³/mol. The van der Waals surface area contributed by atoms with E-state index in [0.717, 1.165) is 31.7 Å². The van der Waals surface area contributed by atoms with Gasteiger partial charge >= 0.3 is 0 Å². The van der Waals surface area contributed by atoms with E-state index >= 15 is 0 Å². The molecule has 0 amide bonds. The molecule has 1 aromatic rings. The first kappa shape index (κ1) is 14.4. The third-order valence-electron chi connectivity index (χ3n) is 4.49. The summed E-state index contributed by atoms with van der Waals surface area (Å²) in [5.41, 5.74) is 7.47. The van der Waals surface area contributed by atoms with Crippen molar-refractivity contribution in [1.82, 2.24) is 4.90 Å². The quantitative estimate of drug-likeness (QED) is 0.907. The highest BCUT2D eigenvalue weighted by Crippen LogP contribution is 2.32. The summed E-state index contributed by atoms with van der Waals surface area (Å²) >= 11 is 0. The lowest BCUT2D eigenvalue weighted by Crippen LogP contribution is -2.47. The average Bonchev–Trinajstić information content (AvgIpc) is 2.47. The predicted octanol–water partition coefficient (Wildman–Crippen LogP) is 2.82. The number of ether oxygens (including phenoxy) is 1. The highest BCUT2D eigenvalue weighted by molar-refractivity contribution is 5.35. The minimum absolute atomic E-state index is 0.367. The number of nitrogens with zero attached hydrogens (tertiary/aromatic N) is 1. The number of methoxy groups -OCH3 is 1. The third-order valence-corrected chi connectivity index (χ3v) is 4.49. The Bertz CT molecular complexity index is 407. The Morgan fingerprint density at radius 2 is 2.16 bits per heavy atom. The lowest BCUT2D eigenvalue weighted by atomic mass is 9.89. The summed E-state index contributed by atoms with van der Waals surface area (Å²) in [5.74, 6) is 1.60. The van der Waals surface area contributed by atoms with Crippen molar-refractivity contribution in [2.24, 2.45) is 11.7 Å². The molecule has 19 heavy (non-hydrogen) atoms. The third kappa shape index (κ3) is 3.10. The number of likely N-dealkylation sites (tertiary alicyclic amines) is 1. The van der Waals surface area contributed by atoms with E-state index in [1.807, 2.05) is 12.1 Å². The number of rotatable bonds is 4. The second-order valence-corrected chi connectivity index (χ2v) is 5.53. The van der Waals surface area contributed by atoms with Crippen LogP contribution in [0, 0.1) is 5.92 Å². The molecule has 0 radical (unpaired) electrons. The van der Waals surface area contributed by atoms with Crippen LogP contribution in [0.5, 0.6) is 5.75 Å². The van der Waals surface area contributed by atoms with Crippen LogP contribution in [0.4, 0.5) is 0 Å². The van der Waals surface area contributed by atoms with E-state index in [1.165, 1.54) is 5.56 Å². The summed E-state index contributed by atoms with van der Waals surface area (Å²) in [4.78, 5) is 2.54. The van der Waals surface area contributed by atoms with Crippen LogP contribution in [-0.4, -0.2) is 31.1 Å².